The first-order chi connectivity index (χ1) is 11.7. The summed E-state index contributed by atoms with van der Waals surface area (Å²) in [4.78, 5) is 12.7. The Morgan fingerprint density at radius 3 is 3.00 bits per heavy atom. The van der Waals surface area contributed by atoms with Gasteiger partial charge in [-0.05, 0) is 54.3 Å². The van der Waals surface area contributed by atoms with E-state index in [0.717, 1.165) is 23.2 Å². The third kappa shape index (κ3) is 2.76. The second kappa shape index (κ2) is 6.24. The number of carbonyl (C=O) groups is 1. The van der Waals surface area contributed by atoms with Crippen molar-refractivity contribution in [2.24, 2.45) is 0 Å². The molecule has 1 aliphatic carbocycles. The molecule has 4 rings (SSSR count). The zero-order valence-electron chi connectivity index (χ0n) is 13.5. The van der Waals surface area contributed by atoms with Crippen molar-refractivity contribution in [3.63, 3.8) is 0 Å². The number of rotatable bonds is 4. The Balaban J connectivity index is 1.53. The molecule has 0 bridgehead atoms. The van der Waals surface area contributed by atoms with Gasteiger partial charge in [0, 0.05) is 10.9 Å². The minimum absolute atomic E-state index is 0.0337. The number of hydrogen-bond acceptors (Lipinski definition) is 3. The summed E-state index contributed by atoms with van der Waals surface area (Å²) in [5, 5.41) is 14.1. The van der Waals surface area contributed by atoms with Crippen molar-refractivity contribution in [1.29, 1.82) is 0 Å². The molecule has 1 aromatic carbocycles. The minimum atomic E-state index is -0.0991. The van der Waals surface area contributed by atoms with Crippen LogP contribution in [0, 0.1) is 0 Å². The molecule has 122 valence electrons. The van der Waals surface area contributed by atoms with Crippen molar-refractivity contribution >= 4 is 17.2 Å². The van der Waals surface area contributed by atoms with E-state index in [1.807, 2.05) is 23.8 Å². The molecule has 24 heavy (non-hydrogen) atoms. The monoisotopic (exact) mass is 337 g/mol. The fourth-order valence-corrected chi connectivity index (χ4v) is 3.95. The van der Waals surface area contributed by atoms with Crippen molar-refractivity contribution in [3.8, 4) is 11.3 Å². The normalized spacial score (nSPS) is 14.4. The number of aryl methyl sites for hydroxylation is 2. The van der Waals surface area contributed by atoms with E-state index in [9.17, 15) is 4.79 Å². The van der Waals surface area contributed by atoms with E-state index in [1.165, 1.54) is 24.0 Å². The number of nitrogens with zero attached hydrogens (tertiary/aromatic N) is 1. The summed E-state index contributed by atoms with van der Waals surface area (Å²) < 4.78 is 0. The lowest BCUT2D eigenvalue weighted by atomic mass is 10.0. The van der Waals surface area contributed by atoms with Gasteiger partial charge in [0.05, 0.1) is 23.5 Å². The van der Waals surface area contributed by atoms with E-state index in [1.54, 1.807) is 17.5 Å². The van der Waals surface area contributed by atoms with Gasteiger partial charge < -0.3 is 5.32 Å². The first-order valence-electron chi connectivity index (χ1n) is 8.21. The van der Waals surface area contributed by atoms with Gasteiger partial charge in [-0.3, -0.25) is 9.89 Å². The topological polar surface area (TPSA) is 57.8 Å². The van der Waals surface area contributed by atoms with Gasteiger partial charge in [-0.15, -0.1) is 0 Å². The number of nitrogens with one attached hydrogen (secondary N) is 2. The summed E-state index contributed by atoms with van der Waals surface area (Å²) >= 11 is 1.60. The largest absolute Gasteiger partial charge is 0.345 e. The van der Waals surface area contributed by atoms with Crippen LogP contribution in [0.4, 0.5) is 0 Å². The molecule has 1 aliphatic rings. The van der Waals surface area contributed by atoms with Gasteiger partial charge in [-0.1, -0.05) is 18.2 Å². The van der Waals surface area contributed by atoms with E-state index in [4.69, 9.17) is 0 Å². The lowest BCUT2D eigenvalue weighted by Crippen LogP contribution is -2.26. The molecule has 0 saturated carbocycles. The van der Waals surface area contributed by atoms with Crippen LogP contribution < -0.4 is 5.32 Å². The van der Waals surface area contributed by atoms with Gasteiger partial charge in [0.1, 0.15) is 0 Å². The van der Waals surface area contributed by atoms with Gasteiger partial charge in [-0.25, -0.2) is 0 Å². The number of aromatic amines is 1. The molecule has 2 N–H and O–H groups in total. The van der Waals surface area contributed by atoms with E-state index in [2.05, 4.69) is 33.7 Å². The predicted octanol–water partition coefficient (Wildman–Crippen LogP) is 4.12. The standard InChI is InChI=1S/C19H19N3OS/c1-12(14-6-5-13-3-2-4-15(13)9-14)21-19(23)17-10-20-22-18(17)16-7-8-24-11-16/h5-12H,2-4H2,1H3,(H,20,22)(H,21,23). The highest BCUT2D eigenvalue weighted by atomic mass is 32.1. The highest BCUT2D eigenvalue weighted by Crippen LogP contribution is 2.27. The number of hydrogen-bond donors (Lipinski definition) is 2. The van der Waals surface area contributed by atoms with Crippen LogP contribution in [0.25, 0.3) is 11.3 Å². The third-order valence-corrected chi connectivity index (χ3v) is 5.35. The maximum Gasteiger partial charge on any atom is 0.255 e. The van der Waals surface area contributed by atoms with Crippen LogP contribution in [0.2, 0.25) is 0 Å². The van der Waals surface area contributed by atoms with E-state index >= 15 is 0 Å². The highest BCUT2D eigenvalue weighted by Gasteiger charge is 2.19. The minimum Gasteiger partial charge on any atom is -0.345 e. The van der Waals surface area contributed by atoms with Gasteiger partial charge in [0.25, 0.3) is 5.91 Å². The zero-order valence-corrected chi connectivity index (χ0v) is 14.3. The Morgan fingerprint density at radius 2 is 2.17 bits per heavy atom. The number of amides is 1. The number of carbonyl (C=O) groups excluding carboxylic acids is 1. The molecular weight excluding hydrogens is 318 g/mol. The van der Waals surface area contributed by atoms with Gasteiger partial charge >= 0.3 is 0 Å². The Kier molecular flexibility index (Phi) is 3.94. The predicted molar refractivity (Wildman–Crippen MR) is 96.2 cm³/mol. The smallest absolute Gasteiger partial charge is 0.255 e. The molecule has 2 aromatic heterocycles. The fourth-order valence-electron chi connectivity index (χ4n) is 3.30. The molecule has 1 atom stereocenters. The second-order valence-electron chi connectivity index (χ2n) is 6.25. The summed E-state index contributed by atoms with van der Waals surface area (Å²) in [5.74, 6) is -0.0991. The van der Waals surface area contributed by atoms with Crippen molar-refractivity contribution in [2.75, 3.05) is 0 Å². The summed E-state index contributed by atoms with van der Waals surface area (Å²) in [7, 11) is 0. The van der Waals surface area contributed by atoms with E-state index in [-0.39, 0.29) is 11.9 Å². The molecule has 1 amide bonds. The van der Waals surface area contributed by atoms with Crippen LogP contribution in [0.15, 0.2) is 41.2 Å². The number of benzene rings is 1. The Morgan fingerprint density at radius 1 is 1.29 bits per heavy atom. The van der Waals surface area contributed by atoms with Gasteiger partial charge in [0.15, 0.2) is 0 Å². The van der Waals surface area contributed by atoms with Crippen LogP contribution in [0.1, 0.15) is 46.4 Å². The molecule has 0 spiro atoms. The maximum atomic E-state index is 12.7. The first-order valence-corrected chi connectivity index (χ1v) is 9.15. The molecule has 4 nitrogen and oxygen atoms in total. The molecule has 3 aromatic rings. The molecule has 1 unspecified atom stereocenters. The van der Waals surface area contributed by atoms with Crippen LogP contribution >= 0.6 is 11.3 Å². The van der Waals surface area contributed by atoms with Crippen LogP contribution in [0.5, 0.6) is 0 Å². The summed E-state index contributed by atoms with van der Waals surface area (Å²) in [6.07, 6.45) is 5.15. The molecule has 0 aliphatic heterocycles. The van der Waals surface area contributed by atoms with Crippen molar-refractivity contribution < 1.29 is 4.79 Å². The highest BCUT2D eigenvalue weighted by molar-refractivity contribution is 7.08. The number of H-pyrrole nitrogens is 1. The third-order valence-electron chi connectivity index (χ3n) is 4.66. The molecular formula is C19H19N3OS. The number of fused-ring (bicyclic) bond motifs is 1. The summed E-state index contributed by atoms with van der Waals surface area (Å²) in [5.41, 5.74) is 6.39. The fraction of sp³-hybridized carbons (Fsp3) is 0.263. The number of thiophene rings is 1. The van der Waals surface area contributed by atoms with Crippen molar-refractivity contribution in [3.05, 3.63) is 63.5 Å². The molecule has 0 saturated heterocycles. The molecule has 2 heterocycles. The zero-order chi connectivity index (χ0) is 16.5. The van der Waals surface area contributed by atoms with Crippen molar-refractivity contribution in [1.82, 2.24) is 15.5 Å². The lowest BCUT2D eigenvalue weighted by Gasteiger charge is -2.15. The summed E-state index contributed by atoms with van der Waals surface area (Å²) in [6.45, 7) is 2.03. The van der Waals surface area contributed by atoms with Crippen LogP contribution in [-0.2, 0) is 12.8 Å². The lowest BCUT2D eigenvalue weighted by molar-refractivity contribution is 0.0940. The average Bonchev–Trinajstić information content (AvgIpc) is 3.32. The molecule has 0 fully saturated rings. The number of aromatic nitrogens is 2. The molecule has 5 heteroatoms. The van der Waals surface area contributed by atoms with E-state index < -0.39 is 0 Å². The first kappa shape index (κ1) is 15.1. The molecule has 0 radical (unpaired) electrons. The Bertz CT molecular complexity index is 867. The van der Waals surface area contributed by atoms with Crippen LogP contribution in [0.3, 0.4) is 0 Å². The SMILES string of the molecule is CC(NC(=O)c1cn[nH]c1-c1ccsc1)c1ccc2c(c1)CCC2. The van der Waals surface area contributed by atoms with Crippen molar-refractivity contribution in [2.45, 2.75) is 32.2 Å². The second-order valence-corrected chi connectivity index (χ2v) is 7.03. The van der Waals surface area contributed by atoms with Gasteiger partial charge in [0.2, 0.25) is 0 Å². The summed E-state index contributed by atoms with van der Waals surface area (Å²) in [6, 6.07) is 8.52. The van der Waals surface area contributed by atoms with E-state index in [0.29, 0.717) is 5.56 Å². The average molecular weight is 337 g/mol. The Labute approximate surface area is 144 Å². The maximum absolute atomic E-state index is 12.7. The van der Waals surface area contributed by atoms with Gasteiger partial charge in [-0.2, -0.15) is 16.4 Å². The quantitative estimate of drug-likeness (QED) is 0.752. The Hall–Kier alpha value is -2.40. The van der Waals surface area contributed by atoms with Crippen LogP contribution in [-0.4, -0.2) is 16.1 Å².